The molecule has 1 aliphatic carbocycles. The van der Waals surface area contributed by atoms with Crippen LogP contribution >= 0.6 is 0 Å². The smallest absolute Gasteiger partial charge is 0.270 e. The van der Waals surface area contributed by atoms with E-state index in [0.29, 0.717) is 17.5 Å². The molecule has 2 atom stereocenters. The fourth-order valence-electron chi connectivity index (χ4n) is 3.16. The first kappa shape index (κ1) is 14.8. The fourth-order valence-corrected chi connectivity index (χ4v) is 3.16. The number of aromatic nitrogens is 1. The van der Waals surface area contributed by atoms with E-state index in [4.69, 9.17) is 0 Å². The second kappa shape index (κ2) is 6.73. The number of nitrogens with one attached hydrogen (secondary N) is 2. The van der Waals surface area contributed by atoms with Gasteiger partial charge in [0.2, 0.25) is 0 Å². The maximum Gasteiger partial charge on any atom is 0.270 e. The lowest BCUT2D eigenvalue weighted by Gasteiger charge is -2.31. The highest BCUT2D eigenvalue weighted by Crippen LogP contribution is 2.28. The third-order valence-electron chi connectivity index (χ3n) is 3.85. The summed E-state index contributed by atoms with van der Waals surface area (Å²) in [6.45, 7) is 7.34. The average molecular weight is 275 g/mol. The van der Waals surface area contributed by atoms with Crippen molar-refractivity contribution in [2.75, 3.05) is 11.9 Å². The average Bonchev–Trinajstić information content (AvgIpc) is 2.38. The SMILES string of the molecule is CCNc1cccc(C(=O)NC2CC(C)CC(C)C2)n1. The summed E-state index contributed by atoms with van der Waals surface area (Å²) in [6.07, 6.45) is 3.41. The van der Waals surface area contributed by atoms with Gasteiger partial charge in [0, 0.05) is 12.6 Å². The van der Waals surface area contributed by atoms with E-state index in [1.54, 1.807) is 6.07 Å². The van der Waals surface area contributed by atoms with E-state index in [1.165, 1.54) is 6.42 Å². The van der Waals surface area contributed by atoms with Crippen LogP contribution in [0.4, 0.5) is 5.82 Å². The first-order valence-corrected chi connectivity index (χ1v) is 7.60. The highest BCUT2D eigenvalue weighted by atomic mass is 16.1. The Morgan fingerprint density at radius 3 is 2.60 bits per heavy atom. The molecule has 2 N–H and O–H groups in total. The fraction of sp³-hybridized carbons (Fsp3) is 0.625. The quantitative estimate of drug-likeness (QED) is 0.888. The second-order valence-corrected chi connectivity index (χ2v) is 6.03. The molecule has 4 heteroatoms. The predicted octanol–water partition coefficient (Wildman–Crippen LogP) is 3.07. The van der Waals surface area contributed by atoms with Crippen molar-refractivity contribution < 1.29 is 4.79 Å². The Morgan fingerprint density at radius 1 is 1.25 bits per heavy atom. The maximum absolute atomic E-state index is 12.3. The summed E-state index contributed by atoms with van der Waals surface area (Å²) in [5, 5.41) is 6.27. The van der Waals surface area contributed by atoms with Gasteiger partial charge in [-0.2, -0.15) is 0 Å². The Balaban J connectivity index is 1.99. The largest absolute Gasteiger partial charge is 0.370 e. The molecule has 1 fully saturated rings. The van der Waals surface area contributed by atoms with Crippen LogP contribution in [0.2, 0.25) is 0 Å². The number of hydrogen-bond acceptors (Lipinski definition) is 3. The molecule has 0 bridgehead atoms. The lowest BCUT2D eigenvalue weighted by Crippen LogP contribution is -2.40. The Bertz CT molecular complexity index is 451. The van der Waals surface area contributed by atoms with Crippen molar-refractivity contribution in [3.8, 4) is 0 Å². The first-order chi connectivity index (χ1) is 9.58. The molecule has 2 unspecified atom stereocenters. The number of carbonyl (C=O) groups excluding carboxylic acids is 1. The molecule has 4 nitrogen and oxygen atoms in total. The van der Waals surface area contributed by atoms with Crippen LogP contribution in [0.3, 0.4) is 0 Å². The molecule has 1 aromatic heterocycles. The zero-order valence-electron chi connectivity index (χ0n) is 12.6. The van der Waals surface area contributed by atoms with E-state index in [-0.39, 0.29) is 11.9 Å². The highest BCUT2D eigenvalue weighted by Gasteiger charge is 2.25. The first-order valence-electron chi connectivity index (χ1n) is 7.60. The number of rotatable bonds is 4. The monoisotopic (exact) mass is 275 g/mol. The van der Waals surface area contributed by atoms with E-state index >= 15 is 0 Å². The van der Waals surface area contributed by atoms with Crippen molar-refractivity contribution >= 4 is 11.7 Å². The summed E-state index contributed by atoms with van der Waals surface area (Å²) < 4.78 is 0. The molecule has 1 amide bonds. The molecular weight excluding hydrogens is 250 g/mol. The normalized spacial score (nSPS) is 26.1. The summed E-state index contributed by atoms with van der Waals surface area (Å²) >= 11 is 0. The van der Waals surface area contributed by atoms with E-state index in [9.17, 15) is 4.79 Å². The molecule has 0 aliphatic heterocycles. The van der Waals surface area contributed by atoms with E-state index < -0.39 is 0 Å². The third-order valence-corrected chi connectivity index (χ3v) is 3.85. The van der Waals surface area contributed by atoms with Crippen molar-refractivity contribution in [3.05, 3.63) is 23.9 Å². The topological polar surface area (TPSA) is 54.0 Å². The molecule has 1 aliphatic rings. The molecule has 0 saturated heterocycles. The Kier molecular flexibility index (Phi) is 4.99. The Morgan fingerprint density at radius 2 is 1.95 bits per heavy atom. The van der Waals surface area contributed by atoms with Crippen LogP contribution in [-0.4, -0.2) is 23.5 Å². The number of anilines is 1. The van der Waals surface area contributed by atoms with Gasteiger partial charge in [-0.1, -0.05) is 19.9 Å². The number of pyridine rings is 1. The van der Waals surface area contributed by atoms with Crippen LogP contribution in [0.5, 0.6) is 0 Å². The third kappa shape index (κ3) is 3.95. The summed E-state index contributed by atoms with van der Waals surface area (Å²) in [5.74, 6) is 2.07. The van der Waals surface area contributed by atoms with Gasteiger partial charge in [-0.3, -0.25) is 4.79 Å². The number of nitrogens with zero attached hydrogens (tertiary/aromatic N) is 1. The minimum Gasteiger partial charge on any atom is -0.370 e. The molecule has 110 valence electrons. The van der Waals surface area contributed by atoms with Crippen LogP contribution < -0.4 is 10.6 Å². The van der Waals surface area contributed by atoms with Gasteiger partial charge >= 0.3 is 0 Å². The standard InChI is InChI=1S/C16H25N3O/c1-4-17-15-7-5-6-14(19-15)16(20)18-13-9-11(2)8-12(3)10-13/h5-7,11-13H,4,8-10H2,1-3H3,(H,17,19)(H,18,20). The van der Waals surface area contributed by atoms with Gasteiger partial charge in [0.15, 0.2) is 0 Å². The van der Waals surface area contributed by atoms with Crippen LogP contribution in [-0.2, 0) is 0 Å². The lowest BCUT2D eigenvalue weighted by molar-refractivity contribution is 0.0906. The molecule has 0 radical (unpaired) electrons. The molecule has 1 saturated carbocycles. The van der Waals surface area contributed by atoms with E-state index in [1.807, 2.05) is 19.1 Å². The van der Waals surface area contributed by atoms with Gasteiger partial charge in [-0.15, -0.1) is 0 Å². The van der Waals surface area contributed by atoms with Crippen molar-refractivity contribution in [1.82, 2.24) is 10.3 Å². The van der Waals surface area contributed by atoms with Gasteiger partial charge in [0.25, 0.3) is 5.91 Å². The molecule has 20 heavy (non-hydrogen) atoms. The van der Waals surface area contributed by atoms with Crippen LogP contribution in [0.1, 0.15) is 50.5 Å². The summed E-state index contributed by atoms with van der Waals surface area (Å²) in [5.41, 5.74) is 0.495. The molecule has 2 rings (SSSR count). The molecule has 0 spiro atoms. The zero-order chi connectivity index (χ0) is 14.5. The number of carbonyl (C=O) groups is 1. The van der Waals surface area contributed by atoms with Crippen molar-refractivity contribution in [3.63, 3.8) is 0 Å². The van der Waals surface area contributed by atoms with Gasteiger partial charge < -0.3 is 10.6 Å². The van der Waals surface area contributed by atoms with Gasteiger partial charge in [-0.25, -0.2) is 4.98 Å². The summed E-state index contributed by atoms with van der Waals surface area (Å²) in [7, 11) is 0. The van der Waals surface area contributed by atoms with Gasteiger partial charge in [0.05, 0.1) is 0 Å². The van der Waals surface area contributed by atoms with Crippen molar-refractivity contribution in [2.45, 2.75) is 46.1 Å². The molecule has 0 aromatic carbocycles. The van der Waals surface area contributed by atoms with Crippen molar-refractivity contribution in [1.29, 1.82) is 0 Å². The number of hydrogen-bond donors (Lipinski definition) is 2. The maximum atomic E-state index is 12.3. The Hall–Kier alpha value is -1.58. The predicted molar refractivity (Wildman–Crippen MR) is 81.8 cm³/mol. The van der Waals surface area contributed by atoms with Gasteiger partial charge in [0.1, 0.15) is 11.5 Å². The summed E-state index contributed by atoms with van der Waals surface area (Å²) in [4.78, 5) is 16.6. The van der Waals surface area contributed by atoms with E-state index in [0.717, 1.165) is 25.2 Å². The van der Waals surface area contributed by atoms with Crippen LogP contribution in [0.15, 0.2) is 18.2 Å². The minimum atomic E-state index is -0.0592. The van der Waals surface area contributed by atoms with Gasteiger partial charge in [-0.05, 0) is 50.2 Å². The minimum absolute atomic E-state index is 0.0592. The molecular formula is C16H25N3O. The van der Waals surface area contributed by atoms with E-state index in [2.05, 4.69) is 29.5 Å². The number of amides is 1. The lowest BCUT2D eigenvalue weighted by atomic mass is 9.80. The zero-order valence-corrected chi connectivity index (χ0v) is 12.6. The molecule has 1 aromatic rings. The summed E-state index contributed by atoms with van der Waals surface area (Å²) in [6, 6.07) is 5.80. The Labute approximate surface area is 121 Å². The molecule has 1 heterocycles. The van der Waals surface area contributed by atoms with Crippen LogP contribution in [0, 0.1) is 11.8 Å². The van der Waals surface area contributed by atoms with Crippen LogP contribution in [0.25, 0.3) is 0 Å². The highest BCUT2D eigenvalue weighted by molar-refractivity contribution is 5.92. The van der Waals surface area contributed by atoms with Crippen molar-refractivity contribution in [2.24, 2.45) is 11.8 Å². The second-order valence-electron chi connectivity index (χ2n) is 6.03.